The number of aliphatic carboxylic acids is 1. The van der Waals surface area contributed by atoms with E-state index in [0.717, 1.165) is 16.5 Å². The Balaban J connectivity index is 2.16. The topological polar surface area (TPSA) is 231 Å². The molecule has 0 bridgehead atoms. The molecule has 0 spiro atoms. The number of guanidine groups is 1. The molecule has 5 atom stereocenters. The van der Waals surface area contributed by atoms with Crippen molar-refractivity contribution in [2.24, 2.45) is 28.1 Å². The number of aromatic amines is 1. The van der Waals surface area contributed by atoms with Crippen LogP contribution in [0.3, 0.4) is 0 Å². The zero-order chi connectivity index (χ0) is 29.1. The second kappa shape index (κ2) is 14.7. The van der Waals surface area contributed by atoms with Crippen LogP contribution in [0.2, 0.25) is 0 Å². The van der Waals surface area contributed by atoms with Crippen LogP contribution < -0.4 is 33.2 Å². The molecule has 1 aromatic heterocycles. The van der Waals surface area contributed by atoms with Gasteiger partial charge in [0.2, 0.25) is 17.7 Å². The lowest BCUT2D eigenvalue weighted by Crippen LogP contribution is -2.57. The second-order valence-electron chi connectivity index (χ2n) is 9.62. The summed E-state index contributed by atoms with van der Waals surface area (Å²) in [7, 11) is 0. The molecule has 13 nitrogen and oxygen atoms in total. The van der Waals surface area contributed by atoms with E-state index in [2.05, 4.69) is 25.9 Å². The number of amides is 3. The largest absolute Gasteiger partial charge is 0.480 e. The lowest BCUT2D eigenvalue weighted by atomic mass is 9.99. The number of nitrogens with one attached hydrogen (secondary N) is 4. The van der Waals surface area contributed by atoms with E-state index in [1.165, 1.54) is 6.92 Å². The molecular formula is C26H40N8O5. The Morgan fingerprint density at radius 3 is 2.36 bits per heavy atom. The third kappa shape index (κ3) is 9.28. The highest BCUT2D eigenvalue weighted by atomic mass is 16.4. The smallest absolute Gasteiger partial charge is 0.326 e. The minimum absolute atomic E-state index is 0.0551. The van der Waals surface area contributed by atoms with Crippen LogP contribution in [0.1, 0.15) is 45.6 Å². The summed E-state index contributed by atoms with van der Waals surface area (Å²) in [5.74, 6) is -3.32. The first kappa shape index (κ1) is 31.1. The van der Waals surface area contributed by atoms with Crippen molar-refractivity contribution in [3.8, 4) is 0 Å². The number of fused-ring (bicyclic) bond motifs is 1. The van der Waals surface area contributed by atoms with Crippen LogP contribution in [0.15, 0.2) is 35.5 Å². The Morgan fingerprint density at radius 2 is 1.72 bits per heavy atom. The van der Waals surface area contributed by atoms with E-state index in [-0.39, 0.29) is 24.7 Å². The minimum Gasteiger partial charge on any atom is -0.480 e. The van der Waals surface area contributed by atoms with Gasteiger partial charge in [-0.2, -0.15) is 0 Å². The van der Waals surface area contributed by atoms with Crippen LogP contribution in [-0.2, 0) is 25.6 Å². The van der Waals surface area contributed by atoms with Crippen LogP contribution in [0, 0.1) is 5.92 Å². The molecule has 0 saturated heterocycles. The van der Waals surface area contributed by atoms with Gasteiger partial charge >= 0.3 is 5.97 Å². The number of carboxylic acid groups (broad SMARTS) is 1. The molecule has 3 amide bonds. The quantitative estimate of drug-likeness (QED) is 0.0840. The number of rotatable bonds is 15. The average molecular weight is 545 g/mol. The Morgan fingerprint density at radius 1 is 1.03 bits per heavy atom. The summed E-state index contributed by atoms with van der Waals surface area (Å²) >= 11 is 0. The summed E-state index contributed by atoms with van der Waals surface area (Å²) in [5.41, 5.74) is 18.3. The molecule has 1 heterocycles. The number of carbonyl (C=O) groups excluding carboxylic acids is 3. The summed E-state index contributed by atoms with van der Waals surface area (Å²) in [6.45, 7) is 5.29. The first-order chi connectivity index (χ1) is 18.4. The van der Waals surface area contributed by atoms with Crippen LogP contribution in [-0.4, -0.2) is 70.5 Å². The average Bonchev–Trinajstić information content (AvgIpc) is 3.30. The van der Waals surface area contributed by atoms with Gasteiger partial charge in [-0.05, 0) is 37.3 Å². The van der Waals surface area contributed by atoms with Crippen molar-refractivity contribution >= 4 is 40.6 Å². The van der Waals surface area contributed by atoms with Gasteiger partial charge in [0.25, 0.3) is 0 Å². The molecule has 0 aliphatic rings. The molecule has 2 rings (SSSR count). The van der Waals surface area contributed by atoms with Gasteiger partial charge in [-0.1, -0.05) is 38.5 Å². The number of carbonyl (C=O) groups is 4. The molecule has 214 valence electrons. The van der Waals surface area contributed by atoms with Crippen molar-refractivity contribution in [2.45, 2.75) is 70.6 Å². The highest BCUT2D eigenvalue weighted by Crippen LogP contribution is 2.19. The maximum atomic E-state index is 13.3. The molecular weight excluding hydrogens is 504 g/mol. The fourth-order valence-corrected chi connectivity index (χ4v) is 4.00. The highest BCUT2D eigenvalue weighted by molar-refractivity contribution is 5.94. The Hall–Kier alpha value is -4.13. The fourth-order valence-electron chi connectivity index (χ4n) is 4.00. The van der Waals surface area contributed by atoms with Crippen molar-refractivity contribution in [1.82, 2.24) is 20.9 Å². The summed E-state index contributed by atoms with van der Waals surface area (Å²) in [6.07, 6.45) is 3.18. The lowest BCUT2D eigenvalue weighted by Gasteiger charge is -2.25. The van der Waals surface area contributed by atoms with E-state index in [0.29, 0.717) is 19.4 Å². The second-order valence-corrected chi connectivity index (χ2v) is 9.62. The molecule has 13 heteroatoms. The van der Waals surface area contributed by atoms with E-state index in [4.69, 9.17) is 17.2 Å². The predicted molar refractivity (Wildman–Crippen MR) is 148 cm³/mol. The van der Waals surface area contributed by atoms with Crippen molar-refractivity contribution in [1.29, 1.82) is 0 Å². The van der Waals surface area contributed by atoms with Crippen LogP contribution in [0.4, 0.5) is 0 Å². The Labute approximate surface area is 227 Å². The third-order valence-electron chi connectivity index (χ3n) is 6.57. The molecule has 0 aliphatic heterocycles. The zero-order valence-electron chi connectivity index (χ0n) is 22.6. The van der Waals surface area contributed by atoms with E-state index < -0.39 is 47.9 Å². The summed E-state index contributed by atoms with van der Waals surface area (Å²) in [5, 5.41) is 18.1. The molecule has 2 aromatic rings. The maximum Gasteiger partial charge on any atom is 0.326 e. The van der Waals surface area contributed by atoms with Crippen molar-refractivity contribution < 1.29 is 24.3 Å². The fraction of sp³-hybridized carbons (Fsp3) is 0.500. The number of para-hydroxylation sites is 1. The highest BCUT2D eigenvalue weighted by Gasteiger charge is 2.30. The van der Waals surface area contributed by atoms with Gasteiger partial charge in [-0.3, -0.25) is 19.4 Å². The van der Waals surface area contributed by atoms with Gasteiger partial charge in [0.15, 0.2) is 5.96 Å². The van der Waals surface area contributed by atoms with Gasteiger partial charge in [0, 0.05) is 30.1 Å². The van der Waals surface area contributed by atoms with Gasteiger partial charge in [-0.25, -0.2) is 4.79 Å². The first-order valence-corrected chi connectivity index (χ1v) is 12.9. The molecule has 0 radical (unpaired) electrons. The van der Waals surface area contributed by atoms with Crippen molar-refractivity contribution in [3.63, 3.8) is 0 Å². The number of aliphatic imine (C=N–C) groups is 1. The number of hydrogen-bond donors (Lipinski definition) is 8. The van der Waals surface area contributed by atoms with E-state index in [1.807, 2.05) is 31.2 Å². The van der Waals surface area contributed by atoms with Crippen molar-refractivity contribution in [2.75, 3.05) is 6.54 Å². The van der Waals surface area contributed by atoms with Crippen LogP contribution in [0.5, 0.6) is 0 Å². The number of carboxylic acids is 1. The number of nitrogens with zero attached hydrogens (tertiary/aromatic N) is 1. The van der Waals surface area contributed by atoms with E-state index >= 15 is 0 Å². The normalized spacial score (nSPS) is 14.9. The number of aromatic nitrogens is 1. The predicted octanol–water partition coefficient (Wildman–Crippen LogP) is -0.304. The number of nitrogens with two attached hydrogens (primary N) is 3. The first-order valence-electron chi connectivity index (χ1n) is 12.9. The van der Waals surface area contributed by atoms with E-state index in [9.17, 15) is 24.3 Å². The number of H-pyrrole nitrogens is 1. The van der Waals surface area contributed by atoms with Crippen molar-refractivity contribution in [3.05, 3.63) is 36.0 Å². The van der Waals surface area contributed by atoms with Crippen LogP contribution >= 0.6 is 0 Å². The summed E-state index contributed by atoms with van der Waals surface area (Å²) < 4.78 is 0. The van der Waals surface area contributed by atoms with Gasteiger partial charge < -0.3 is 43.2 Å². The Bertz CT molecular complexity index is 1180. The summed E-state index contributed by atoms with van der Waals surface area (Å²) in [4.78, 5) is 57.5. The summed E-state index contributed by atoms with van der Waals surface area (Å²) in [6, 6.07) is 3.40. The monoisotopic (exact) mass is 544 g/mol. The number of hydrogen-bond acceptors (Lipinski definition) is 6. The lowest BCUT2D eigenvalue weighted by molar-refractivity contribution is -0.143. The third-order valence-corrected chi connectivity index (χ3v) is 6.57. The van der Waals surface area contributed by atoms with E-state index in [1.54, 1.807) is 13.1 Å². The molecule has 5 unspecified atom stereocenters. The zero-order valence-corrected chi connectivity index (χ0v) is 22.6. The van der Waals surface area contributed by atoms with Gasteiger partial charge in [0.05, 0.1) is 6.04 Å². The minimum atomic E-state index is -1.16. The molecule has 0 fully saturated rings. The Kier molecular flexibility index (Phi) is 11.7. The molecule has 0 saturated carbocycles. The molecule has 11 N–H and O–H groups in total. The number of benzene rings is 1. The maximum absolute atomic E-state index is 13.3. The SMILES string of the molecule is CCC(C)C(NC(=O)C(C)NC(=O)C(Cc1c[nH]c2ccccc12)NC(=O)C(N)CCCN=C(N)N)C(=O)O. The molecule has 1 aromatic carbocycles. The van der Waals surface area contributed by atoms with Gasteiger partial charge in [-0.15, -0.1) is 0 Å². The standard InChI is InChI=1S/C26H40N8O5/c1-4-14(2)21(25(38)39)34-22(35)15(3)32-24(37)20(12-16-13-31-19-10-6-5-8-17(16)19)33-23(36)18(27)9-7-11-30-26(28)29/h5-6,8,10,13-15,18,20-21,31H,4,7,9,11-12,27H2,1-3H3,(H,32,37)(H,33,36)(H,34,35)(H,38,39)(H4,28,29,30). The molecule has 0 aliphatic carbocycles. The van der Waals surface area contributed by atoms with Crippen LogP contribution in [0.25, 0.3) is 10.9 Å². The molecule has 39 heavy (non-hydrogen) atoms. The van der Waals surface area contributed by atoms with Gasteiger partial charge in [0.1, 0.15) is 18.1 Å².